The SMILES string of the molecule is C/C(=C\CNC(=O)C1CC=CC(NC(=O)OCC2c3ccccc3-c3ccccc32)C1)C(=O)O. The van der Waals surface area contributed by atoms with E-state index >= 15 is 0 Å². The van der Waals surface area contributed by atoms with E-state index < -0.39 is 12.1 Å². The molecule has 0 heterocycles. The smallest absolute Gasteiger partial charge is 0.407 e. The van der Waals surface area contributed by atoms with Crippen LogP contribution in [0, 0.1) is 5.92 Å². The topological polar surface area (TPSA) is 105 Å². The van der Waals surface area contributed by atoms with E-state index in [9.17, 15) is 14.4 Å². The summed E-state index contributed by atoms with van der Waals surface area (Å²) in [5, 5.41) is 14.5. The lowest BCUT2D eigenvalue weighted by atomic mass is 9.90. The molecule has 34 heavy (non-hydrogen) atoms. The predicted octanol–water partition coefficient (Wildman–Crippen LogP) is 4.01. The first kappa shape index (κ1) is 23.3. The Balaban J connectivity index is 1.30. The lowest BCUT2D eigenvalue weighted by molar-refractivity contribution is -0.132. The molecule has 0 saturated heterocycles. The van der Waals surface area contributed by atoms with Crippen LogP contribution in [0.3, 0.4) is 0 Å². The third-order valence-electron chi connectivity index (χ3n) is 6.37. The van der Waals surface area contributed by atoms with Crippen LogP contribution in [0.4, 0.5) is 4.79 Å². The first-order valence-corrected chi connectivity index (χ1v) is 11.4. The highest BCUT2D eigenvalue weighted by atomic mass is 16.5. The van der Waals surface area contributed by atoms with Crippen molar-refractivity contribution < 1.29 is 24.2 Å². The molecule has 2 aliphatic rings. The van der Waals surface area contributed by atoms with Gasteiger partial charge in [0.1, 0.15) is 6.61 Å². The highest BCUT2D eigenvalue weighted by Crippen LogP contribution is 2.44. The molecule has 0 spiro atoms. The second-order valence-corrected chi connectivity index (χ2v) is 8.61. The molecule has 7 heteroatoms. The van der Waals surface area contributed by atoms with E-state index in [2.05, 4.69) is 34.9 Å². The van der Waals surface area contributed by atoms with Crippen LogP contribution < -0.4 is 10.6 Å². The van der Waals surface area contributed by atoms with Gasteiger partial charge in [0.05, 0.1) is 6.04 Å². The van der Waals surface area contributed by atoms with Crippen molar-refractivity contribution in [2.24, 2.45) is 5.92 Å². The van der Waals surface area contributed by atoms with Crippen LogP contribution in [0.2, 0.25) is 0 Å². The zero-order valence-corrected chi connectivity index (χ0v) is 19.0. The molecular formula is C27H28N2O5. The number of hydrogen-bond acceptors (Lipinski definition) is 4. The number of alkyl carbamates (subject to hydrolysis) is 1. The number of ether oxygens (including phenoxy) is 1. The Labute approximate surface area is 198 Å². The zero-order valence-electron chi connectivity index (χ0n) is 19.0. The van der Waals surface area contributed by atoms with Crippen molar-refractivity contribution in [2.75, 3.05) is 13.2 Å². The Morgan fingerprint density at radius 1 is 1.06 bits per heavy atom. The molecule has 2 atom stereocenters. The van der Waals surface area contributed by atoms with Gasteiger partial charge in [0, 0.05) is 24.0 Å². The number of allylic oxidation sites excluding steroid dienone is 1. The molecule has 0 bridgehead atoms. The third kappa shape index (κ3) is 5.20. The second-order valence-electron chi connectivity index (χ2n) is 8.61. The standard InChI is InChI=1S/C27H28N2O5/c1-17(26(31)32)13-14-28-25(30)18-7-6-8-19(15-18)29-27(33)34-16-24-22-11-4-2-9-20(22)21-10-3-5-12-23(21)24/h2-6,8-13,18-19,24H,7,14-16H2,1H3,(H,28,30)(H,29,33)(H,31,32)/b17-13+. The van der Waals surface area contributed by atoms with Crippen LogP contribution in [-0.2, 0) is 14.3 Å². The number of carbonyl (C=O) groups excluding carboxylic acids is 2. The second kappa shape index (κ2) is 10.4. The van der Waals surface area contributed by atoms with Gasteiger partial charge >= 0.3 is 12.1 Å². The van der Waals surface area contributed by atoms with Gasteiger partial charge in [-0.05, 0) is 42.0 Å². The van der Waals surface area contributed by atoms with Crippen LogP contribution in [0.1, 0.15) is 36.8 Å². The Morgan fingerprint density at radius 3 is 2.35 bits per heavy atom. The first-order valence-electron chi connectivity index (χ1n) is 11.4. The Kier molecular flexibility index (Phi) is 7.11. The summed E-state index contributed by atoms with van der Waals surface area (Å²) in [4.78, 5) is 35.8. The van der Waals surface area contributed by atoms with E-state index in [1.54, 1.807) is 0 Å². The fourth-order valence-corrected chi connectivity index (χ4v) is 4.54. The Hall–Kier alpha value is -3.87. The van der Waals surface area contributed by atoms with Gasteiger partial charge in [-0.25, -0.2) is 9.59 Å². The van der Waals surface area contributed by atoms with E-state index in [4.69, 9.17) is 9.84 Å². The summed E-state index contributed by atoms with van der Waals surface area (Å²) >= 11 is 0. The van der Waals surface area contributed by atoms with Gasteiger partial charge in [-0.3, -0.25) is 4.79 Å². The highest BCUT2D eigenvalue weighted by molar-refractivity contribution is 5.86. The maximum atomic E-state index is 12.5. The van der Waals surface area contributed by atoms with Crippen LogP contribution in [0.15, 0.2) is 72.3 Å². The number of amides is 2. The molecule has 0 fully saturated rings. The molecule has 0 aliphatic heterocycles. The summed E-state index contributed by atoms with van der Waals surface area (Å²) in [6, 6.07) is 16.0. The molecule has 3 N–H and O–H groups in total. The zero-order chi connectivity index (χ0) is 24.1. The summed E-state index contributed by atoms with van der Waals surface area (Å²) in [6.45, 7) is 1.86. The van der Waals surface area contributed by atoms with E-state index in [-0.39, 0.29) is 42.5 Å². The Bertz CT molecular complexity index is 1110. The molecule has 176 valence electrons. The van der Waals surface area contributed by atoms with E-state index in [0.717, 1.165) is 11.1 Å². The molecule has 2 unspecified atom stereocenters. The summed E-state index contributed by atoms with van der Waals surface area (Å²) in [6.07, 6.45) is 5.72. The van der Waals surface area contributed by atoms with Crippen LogP contribution in [-0.4, -0.2) is 42.3 Å². The van der Waals surface area contributed by atoms with Crippen molar-refractivity contribution >= 4 is 18.0 Å². The van der Waals surface area contributed by atoms with Gasteiger partial charge in [0.25, 0.3) is 0 Å². The normalized spacial score (nSPS) is 19.1. The number of carboxylic acid groups (broad SMARTS) is 1. The van der Waals surface area contributed by atoms with Gasteiger partial charge in [0.2, 0.25) is 5.91 Å². The summed E-state index contributed by atoms with van der Waals surface area (Å²) in [5.41, 5.74) is 4.82. The number of nitrogens with one attached hydrogen (secondary N) is 2. The van der Waals surface area contributed by atoms with E-state index in [0.29, 0.717) is 12.8 Å². The van der Waals surface area contributed by atoms with Crippen molar-refractivity contribution in [1.29, 1.82) is 0 Å². The summed E-state index contributed by atoms with van der Waals surface area (Å²) in [5.74, 6) is -1.50. The number of carbonyl (C=O) groups is 3. The summed E-state index contributed by atoms with van der Waals surface area (Å²) in [7, 11) is 0. The average molecular weight is 461 g/mol. The number of rotatable bonds is 7. The molecule has 2 aromatic carbocycles. The number of hydrogen-bond donors (Lipinski definition) is 3. The van der Waals surface area contributed by atoms with Gasteiger partial charge in [-0.1, -0.05) is 66.8 Å². The lowest BCUT2D eigenvalue weighted by Crippen LogP contribution is -2.41. The lowest BCUT2D eigenvalue weighted by Gasteiger charge is -2.25. The molecule has 4 rings (SSSR count). The van der Waals surface area contributed by atoms with Crippen LogP contribution >= 0.6 is 0 Å². The highest BCUT2D eigenvalue weighted by Gasteiger charge is 2.30. The maximum Gasteiger partial charge on any atom is 0.407 e. The van der Waals surface area contributed by atoms with Gasteiger partial charge in [-0.15, -0.1) is 0 Å². The average Bonchev–Trinajstić information content (AvgIpc) is 3.16. The van der Waals surface area contributed by atoms with Crippen molar-refractivity contribution in [3.63, 3.8) is 0 Å². The maximum absolute atomic E-state index is 12.5. The van der Waals surface area contributed by atoms with Gasteiger partial charge < -0.3 is 20.5 Å². The number of benzene rings is 2. The molecular weight excluding hydrogens is 432 g/mol. The number of fused-ring (bicyclic) bond motifs is 3. The molecule has 0 aromatic heterocycles. The minimum atomic E-state index is -1.01. The molecule has 2 aliphatic carbocycles. The minimum Gasteiger partial charge on any atom is -0.478 e. The Morgan fingerprint density at radius 2 is 1.71 bits per heavy atom. The largest absolute Gasteiger partial charge is 0.478 e. The van der Waals surface area contributed by atoms with Crippen molar-refractivity contribution in [2.45, 2.75) is 31.7 Å². The third-order valence-corrected chi connectivity index (χ3v) is 6.37. The molecule has 0 saturated carbocycles. The molecule has 2 amide bonds. The number of carboxylic acids is 1. The molecule has 2 aromatic rings. The van der Waals surface area contributed by atoms with Crippen molar-refractivity contribution in [1.82, 2.24) is 10.6 Å². The first-order chi connectivity index (χ1) is 16.4. The quantitative estimate of drug-likeness (QED) is 0.428. The van der Waals surface area contributed by atoms with Crippen LogP contribution in [0.25, 0.3) is 11.1 Å². The predicted molar refractivity (Wildman–Crippen MR) is 128 cm³/mol. The van der Waals surface area contributed by atoms with E-state index in [1.165, 1.54) is 24.1 Å². The molecule has 7 nitrogen and oxygen atoms in total. The van der Waals surface area contributed by atoms with Crippen LogP contribution in [0.5, 0.6) is 0 Å². The van der Waals surface area contributed by atoms with Gasteiger partial charge in [0.15, 0.2) is 0 Å². The van der Waals surface area contributed by atoms with E-state index in [1.807, 2.05) is 36.4 Å². The fourth-order valence-electron chi connectivity index (χ4n) is 4.54. The van der Waals surface area contributed by atoms with Crippen molar-refractivity contribution in [3.05, 3.63) is 83.5 Å². The molecule has 0 radical (unpaired) electrons. The summed E-state index contributed by atoms with van der Waals surface area (Å²) < 4.78 is 5.60. The van der Waals surface area contributed by atoms with Gasteiger partial charge in [-0.2, -0.15) is 0 Å². The fraction of sp³-hybridized carbons (Fsp3) is 0.296. The monoisotopic (exact) mass is 460 g/mol. The minimum absolute atomic E-state index is 0.0131. The van der Waals surface area contributed by atoms with Crippen molar-refractivity contribution in [3.8, 4) is 11.1 Å². The number of aliphatic carboxylic acids is 1.